The number of nitrogens with one attached hydrogen (secondary N) is 2. The molecular formula is C16H20N2O4S2. The van der Waals surface area contributed by atoms with Gasteiger partial charge in [0.25, 0.3) is 10.0 Å². The zero-order valence-corrected chi connectivity index (χ0v) is 15.1. The molecule has 6 nitrogen and oxygen atoms in total. The second kappa shape index (κ2) is 7.33. The summed E-state index contributed by atoms with van der Waals surface area (Å²) in [4.78, 5) is 0.239. The molecule has 24 heavy (non-hydrogen) atoms. The van der Waals surface area contributed by atoms with E-state index in [0.717, 1.165) is 12.0 Å². The number of aryl methyl sites for hydroxylation is 1. The van der Waals surface area contributed by atoms with Crippen LogP contribution in [-0.4, -0.2) is 23.4 Å². The predicted molar refractivity (Wildman–Crippen MR) is 93.9 cm³/mol. The summed E-state index contributed by atoms with van der Waals surface area (Å²) in [5.74, 6) is 0. The van der Waals surface area contributed by atoms with Gasteiger partial charge in [-0.25, -0.2) is 21.6 Å². The average Bonchev–Trinajstić information content (AvgIpc) is 2.55. The second-order valence-electron chi connectivity index (χ2n) is 5.13. The molecule has 0 saturated carbocycles. The van der Waals surface area contributed by atoms with E-state index in [-0.39, 0.29) is 16.3 Å². The van der Waals surface area contributed by atoms with Gasteiger partial charge >= 0.3 is 0 Å². The third kappa shape index (κ3) is 4.34. The summed E-state index contributed by atoms with van der Waals surface area (Å²) >= 11 is 0. The summed E-state index contributed by atoms with van der Waals surface area (Å²) in [5, 5.41) is 0. The van der Waals surface area contributed by atoms with E-state index in [1.54, 1.807) is 31.2 Å². The lowest BCUT2D eigenvalue weighted by atomic mass is 10.2. The lowest BCUT2D eigenvalue weighted by molar-refractivity contribution is 0.584. The molecule has 0 aliphatic heterocycles. The van der Waals surface area contributed by atoms with Crippen molar-refractivity contribution < 1.29 is 16.8 Å². The fourth-order valence-electron chi connectivity index (χ4n) is 2.09. The second-order valence-corrected chi connectivity index (χ2v) is 8.58. The van der Waals surface area contributed by atoms with Gasteiger partial charge in [-0.3, -0.25) is 4.72 Å². The fourth-order valence-corrected chi connectivity index (χ4v) is 4.19. The van der Waals surface area contributed by atoms with Crippen LogP contribution in [-0.2, 0) is 26.5 Å². The quantitative estimate of drug-likeness (QED) is 0.785. The molecule has 2 N–H and O–H groups in total. The maximum absolute atomic E-state index is 12.3. The first-order valence-corrected chi connectivity index (χ1v) is 10.5. The molecule has 0 saturated heterocycles. The van der Waals surface area contributed by atoms with E-state index in [4.69, 9.17) is 0 Å². The standard InChI is InChI=1S/C16H20N2O4S2/c1-3-13-5-9-16(10-6-13)24(21,22)18-14-7-11-15(12-8-14)23(19,20)17-4-2/h5-12,17-18H,3-4H2,1-2H3. The van der Waals surface area contributed by atoms with E-state index in [1.807, 2.05) is 6.92 Å². The van der Waals surface area contributed by atoms with Crippen LogP contribution in [0.4, 0.5) is 5.69 Å². The summed E-state index contributed by atoms with van der Waals surface area (Å²) in [6.45, 7) is 3.96. The smallest absolute Gasteiger partial charge is 0.261 e. The topological polar surface area (TPSA) is 92.3 Å². The molecule has 2 aromatic carbocycles. The van der Waals surface area contributed by atoms with Crippen molar-refractivity contribution in [1.82, 2.24) is 4.72 Å². The summed E-state index contributed by atoms with van der Waals surface area (Å²) in [5.41, 5.74) is 1.34. The Balaban J connectivity index is 2.20. The lowest BCUT2D eigenvalue weighted by Gasteiger charge is -2.10. The number of sulfonamides is 2. The van der Waals surface area contributed by atoms with Crippen LogP contribution in [0.1, 0.15) is 19.4 Å². The van der Waals surface area contributed by atoms with Crippen LogP contribution in [0.5, 0.6) is 0 Å². The Labute approximate surface area is 143 Å². The van der Waals surface area contributed by atoms with Crippen molar-refractivity contribution in [3.8, 4) is 0 Å². The highest BCUT2D eigenvalue weighted by molar-refractivity contribution is 7.92. The highest BCUT2D eigenvalue weighted by Gasteiger charge is 2.16. The van der Waals surface area contributed by atoms with Gasteiger partial charge in [0.15, 0.2) is 0 Å². The first kappa shape index (κ1) is 18.4. The van der Waals surface area contributed by atoms with Crippen LogP contribution >= 0.6 is 0 Å². The molecular weight excluding hydrogens is 348 g/mol. The molecule has 0 bridgehead atoms. The number of hydrogen-bond acceptors (Lipinski definition) is 4. The molecule has 0 atom stereocenters. The highest BCUT2D eigenvalue weighted by atomic mass is 32.2. The Morgan fingerprint density at radius 3 is 1.75 bits per heavy atom. The average molecular weight is 368 g/mol. The van der Waals surface area contributed by atoms with Gasteiger partial charge in [0.2, 0.25) is 10.0 Å². The summed E-state index contributed by atoms with van der Waals surface area (Å²) in [6.07, 6.45) is 0.829. The summed E-state index contributed by atoms with van der Waals surface area (Å²) < 4.78 is 53.2. The molecule has 130 valence electrons. The molecule has 0 heterocycles. The van der Waals surface area contributed by atoms with Crippen LogP contribution in [0.3, 0.4) is 0 Å². The molecule has 0 unspecified atom stereocenters. The van der Waals surface area contributed by atoms with Gasteiger partial charge in [-0.2, -0.15) is 0 Å². The Morgan fingerprint density at radius 2 is 1.25 bits per heavy atom. The van der Waals surface area contributed by atoms with Gasteiger partial charge in [-0.15, -0.1) is 0 Å². The van der Waals surface area contributed by atoms with Gasteiger partial charge in [0, 0.05) is 12.2 Å². The zero-order chi connectivity index (χ0) is 17.8. The minimum absolute atomic E-state index is 0.0830. The number of benzene rings is 2. The predicted octanol–water partition coefficient (Wildman–Crippen LogP) is 2.35. The monoisotopic (exact) mass is 368 g/mol. The van der Waals surface area contributed by atoms with Crippen molar-refractivity contribution in [2.75, 3.05) is 11.3 Å². The van der Waals surface area contributed by atoms with Gasteiger partial charge < -0.3 is 0 Å². The van der Waals surface area contributed by atoms with Crippen LogP contribution in [0.15, 0.2) is 58.3 Å². The number of hydrogen-bond donors (Lipinski definition) is 2. The van der Waals surface area contributed by atoms with Crippen LogP contribution in [0.25, 0.3) is 0 Å². The normalized spacial score (nSPS) is 12.1. The largest absolute Gasteiger partial charge is 0.280 e. The van der Waals surface area contributed by atoms with E-state index in [2.05, 4.69) is 9.44 Å². The van der Waals surface area contributed by atoms with Crippen molar-refractivity contribution in [3.63, 3.8) is 0 Å². The number of rotatable bonds is 7. The van der Waals surface area contributed by atoms with Crippen LogP contribution in [0, 0.1) is 0 Å². The summed E-state index contributed by atoms with van der Waals surface area (Å²) in [6, 6.07) is 12.2. The molecule has 8 heteroatoms. The molecule has 0 radical (unpaired) electrons. The minimum atomic E-state index is -3.71. The Hall–Kier alpha value is -1.90. The van der Waals surface area contributed by atoms with E-state index >= 15 is 0 Å². The highest BCUT2D eigenvalue weighted by Crippen LogP contribution is 2.19. The first-order chi connectivity index (χ1) is 11.3. The van der Waals surface area contributed by atoms with E-state index in [9.17, 15) is 16.8 Å². The molecule has 0 spiro atoms. The van der Waals surface area contributed by atoms with E-state index < -0.39 is 20.0 Å². The third-order valence-corrected chi connectivity index (χ3v) is 6.35. The van der Waals surface area contributed by atoms with Gasteiger partial charge in [0.05, 0.1) is 9.79 Å². The van der Waals surface area contributed by atoms with Crippen molar-refractivity contribution in [2.45, 2.75) is 30.1 Å². The SMILES string of the molecule is CCNS(=O)(=O)c1ccc(NS(=O)(=O)c2ccc(CC)cc2)cc1. The van der Waals surface area contributed by atoms with Gasteiger partial charge in [-0.1, -0.05) is 26.0 Å². The molecule has 0 fully saturated rings. The fraction of sp³-hybridized carbons (Fsp3) is 0.250. The zero-order valence-electron chi connectivity index (χ0n) is 13.5. The van der Waals surface area contributed by atoms with Crippen molar-refractivity contribution in [3.05, 3.63) is 54.1 Å². The van der Waals surface area contributed by atoms with Crippen LogP contribution < -0.4 is 9.44 Å². The molecule has 2 aromatic rings. The molecule has 2 rings (SSSR count). The van der Waals surface area contributed by atoms with E-state index in [0.29, 0.717) is 5.69 Å². The third-order valence-electron chi connectivity index (χ3n) is 3.39. The molecule has 0 aliphatic rings. The Bertz CT molecular complexity index is 888. The lowest BCUT2D eigenvalue weighted by Crippen LogP contribution is -2.23. The van der Waals surface area contributed by atoms with Crippen molar-refractivity contribution in [1.29, 1.82) is 0 Å². The molecule has 0 amide bonds. The van der Waals surface area contributed by atoms with Gasteiger partial charge in [0.1, 0.15) is 0 Å². The maximum Gasteiger partial charge on any atom is 0.261 e. The molecule has 0 aromatic heterocycles. The first-order valence-electron chi connectivity index (χ1n) is 7.50. The molecule has 0 aliphatic carbocycles. The van der Waals surface area contributed by atoms with E-state index in [1.165, 1.54) is 24.3 Å². The van der Waals surface area contributed by atoms with Crippen LogP contribution in [0.2, 0.25) is 0 Å². The van der Waals surface area contributed by atoms with Crippen molar-refractivity contribution >= 4 is 25.7 Å². The Kier molecular flexibility index (Phi) is 5.63. The minimum Gasteiger partial charge on any atom is -0.280 e. The van der Waals surface area contributed by atoms with Gasteiger partial charge in [-0.05, 0) is 48.4 Å². The Morgan fingerprint density at radius 1 is 0.750 bits per heavy atom. The summed E-state index contributed by atoms with van der Waals surface area (Å²) in [7, 11) is -7.27. The maximum atomic E-state index is 12.3. The van der Waals surface area contributed by atoms with Crippen molar-refractivity contribution in [2.24, 2.45) is 0 Å². The number of anilines is 1.